The van der Waals surface area contributed by atoms with Crippen LogP contribution in [0.25, 0.3) is 0 Å². The maximum Gasteiger partial charge on any atom is 0.254 e. The highest BCUT2D eigenvalue weighted by Crippen LogP contribution is 2.17. The highest BCUT2D eigenvalue weighted by atomic mass is 16.5. The van der Waals surface area contributed by atoms with Crippen molar-refractivity contribution in [3.63, 3.8) is 0 Å². The van der Waals surface area contributed by atoms with Gasteiger partial charge in [0.15, 0.2) is 0 Å². The molecule has 1 aliphatic heterocycles. The first-order valence-electron chi connectivity index (χ1n) is 10.4. The van der Waals surface area contributed by atoms with Crippen LogP contribution in [0, 0.1) is 0 Å². The number of hydrogen-bond acceptors (Lipinski definition) is 4. The van der Waals surface area contributed by atoms with Crippen molar-refractivity contribution in [1.82, 2.24) is 9.80 Å². The van der Waals surface area contributed by atoms with Crippen LogP contribution < -0.4 is 0 Å². The summed E-state index contributed by atoms with van der Waals surface area (Å²) in [4.78, 5) is 29.8. The highest BCUT2D eigenvalue weighted by Gasteiger charge is 2.28. The van der Waals surface area contributed by atoms with Crippen molar-refractivity contribution < 1.29 is 18.7 Å². The van der Waals surface area contributed by atoms with Crippen LogP contribution in [0.15, 0.2) is 53.1 Å². The fraction of sp³-hybridized carbons (Fsp3) is 0.478. The van der Waals surface area contributed by atoms with Gasteiger partial charge in [-0.05, 0) is 50.5 Å². The van der Waals surface area contributed by atoms with Gasteiger partial charge in [-0.1, -0.05) is 25.1 Å². The number of benzene rings is 1. The molecule has 2 aromatic rings. The summed E-state index contributed by atoms with van der Waals surface area (Å²) in [6.07, 6.45) is 4.37. The van der Waals surface area contributed by atoms with E-state index < -0.39 is 0 Å². The van der Waals surface area contributed by atoms with Gasteiger partial charge in [-0.25, -0.2) is 0 Å². The molecule has 2 atom stereocenters. The fourth-order valence-corrected chi connectivity index (χ4v) is 3.52. The summed E-state index contributed by atoms with van der Waals surface area (Å²) in [7, 11) is 0. The van der Waals surface area contributed by atoms with Gasteiger partial charge in [-0.15, -0.1) is 0 Å². The van der Waals surface area contributed by atoms with Crippen LogP contribution in [0.4, 0.5) is 0 Å². The van der Waals surface area contributed by atoms with E-state index in [2.05, 4.69) is 0 Å². The zero-order valence-corrected chi connectivity index (χ0v) is 17.3. The van der Waals surface area contributed by atoms with E-state index in [1.807, 2.05) is 44.2 Å². The Morgan fingerprint density at radius 1 is 1.17 bits per heavy atom. The van der Waals surface area contributed by atoms with Crippen LogP contribution >= 0.6 is 0 Å². The molecule has 1 aromatic carbocycles. The largest absolute Gasteiger partial charge is 0.467 e. The Kier molecular flexibility index (Phi) is 7.47. The molecular weight excluding hydrogens is 368 g/mol. The Labute approximate surface area is 172 Å². The van der Waals surface area contributed by atoms with Gasteiger partial charge in [0.2, 0.25) is 5.91 Å². The van der Waals surface area contributed by atoms with Crippen molar-refractivity contribution >= 4 is 11.8 Å². The van der Waals surface area contributed by atoms with Crippen LogP contribution in [-0.2, 0) is 16.1 Å². The number of carbonyl (C=O) groups is 2. The number of carbonyl (C=O) groups excluding carboxylic acids is 2. The highest BCUT2D eigenvalue weighted by molar-refractivity contribution is 5.96. The van der Waals surface area contributed by atoms with Crippen LogP contribution in [0.2, 0.25) is 0 Å². The fourth-order valence-electron chi connectivity index (χ4n) is 3.52. The van der Waals surface area contributed by atoms with E-state index in [1.54, 1.807) is 28.2 Å². The summed E-state index contributed by atoms with van der Waals surface area (Å²) in [6, 6.07) is 12.8. The van der Waals surface area contributed by atoms with E-state index in [1.165, 1.54) is 0 Å². The monoisotopic (exact) mass is 398 g/mol. The molecule has 6 heteroatoms. The molecule has 0 radical (unpaired) electrons. The Bertz CT molecular complexity index is 769. The van der Waals surface area contributed by atoms with Crippen molar-refractivity contribution in [3.8, 4) is 0 Å². The maximum absolute atomic E-state index is 13.3. The number of amides is 2. The lowest BCUT2D eigenvalue weighted by Crippen LogP contribution is -2.47. The van der Waals surface area contributed by atoms with E-state index in [0.29, 0.717) is 18.7 Å². The maximum atomic E-state index is 13.3. The number of ether oxygens (including phenoxy) is 1. The SMILES string of the molecule is CC[C@H](C)N(CC(=O)N(Cc1ccco1)C[C@H]1CCCO1)C(=O)c1ccccc1. The zero-order chi connectivity index (χ0) is 20.6. The second-order valence-electron chi connectivity index (χ2n) is 7.55. The molecule has 0 saturated carbocycles. The summed E-state index contributed by atoms with van der Waals surface area (Å²) in [5.41, 5.74) is 0.595. The molecule has 0 aliphatic carbocycles. The molecular formula is C23H30N2O4. The second-order valence-corrected chi connectivity index (χ2v) is 7.55. The number of hydrogen-bond donors (Lipinski definition) is 0. The van der Waals surface area contributed by atoms with Crippen molar-refractivity contribution in [2.75, 3.05) is 19.7 Å². The molecule has 29 heavy (non-hydrogen) atoms. The Morgan fingerprint density at radius 2 is 1.97 bits per heavy atom. The number of nitrogens with zero attached hydrogens (tertiary/aromatic N) is 2. The minimum Gasteiger partial charge on any atom is -0.467 e. The van der Waals surface area contributed by atoms with Crippen LogP contribution in [-0.4, -0.2) is 53.5 Å². The van der Waals surface area contributed by atoms with Gasteiger partial charge >= 0.3 is 0 Å². The Balaban J connectivity index is 1.75. The van der Waals surface area contributed by atoms with E-state index in [4.69, 9.17) is 9.15 Å². The topological polar surface area (TPSA) is 63.0 Å². The van der Waals surface area contributed by atoms with E-state index >= 15 is 0 Å². The molecule has 1 saturated heterocycles. The molecule has 0 spiro atoms. The average Bonchev–Trinajstić information content (AvgIpc) is 3.45. The standard InChI is InChI=1S/C23H30N2O4/c1-3-18(2)25(23(27)19-9-5-4-6-10-19)17-22(26)24(15-20-11-7-13-28-20)16-21-12-8-14-29-21/h4-7,9-11,13,18,21H,3,8,12,14-17H2,1-2H3/t18-,21+/m0/s1. The lowest BCUT2D eigenvalue weighted by Gasteiger charge is -2.32. The molecule has 0 N–H and O–H groups in total. The lowest BCUT2D eigenvalue weighted by molar-refractivity contribution is -0.134. The minimum absolute atomic E-state index is 0.0378. The number of furan rings is 1. The third kappa shape index (κ3) is 5.70. The zero-order valence-electron chi connectivity index (χ0n) is 17.3. The molecule has 3 rings (SSSR count). The Morgan fingerprint density at radius 3 is 2.59 bits per heavy atom. The molecule has 2 heterocycles. The number of rotatable bonds is 9. The third-order valence-corrected chi connectivity index (χ3v) is 5.44. The van der Waals surface area contributed by atoms with Gasteiger partial charge in [-0.3, -0.25) is 9.59 Å². The Hall–Kier alpha value is -2.60. The molecule has 1 aromatic heterocycles. The molecule has 6 nitrogen and oxygen atoms in total. The normalized spacial score (nSPS) is 17.1. The van der Waals surface area contributed by atoms with E-state index in [9.17, 15) is 9.59 Å². The van der Waals surface area contributed by atoms with E-state index in [-0.39, 0.29) is 30.5 Å². The van der Waals surface area contributed by atoms with Gasteiger partial charge < -0.3 is 19.0 Å². The van der Waals surface area contributed by atoms with Crippen molar-refractivity contribution in [3.05, 3.63) is 60.1 Å². The average molecular weight is 399 g/mol. The van der Waals surface area contributed by atoms with E-state index in [0.717, 1.165) is 31.6 Å². The molecule has 156 valence electrons. The van der Waals surface area contributed by atoms with Crippen molar-refractivity contribution in [2.24, 2.45) is 0 Å². The molecule has 2 amide bonds. The first-order valence-corrected chi connectivity index (χ1v) is 10.4. The van der Waals surface area contributed by atoms with Gasteiger partial charge in [0.25, 0.3) is 5.91 Å². The summed E-state index contributed by atoms with van der Waals surface area (Å²) in [5.74, 6) is 0.505. The minimum atomic E-state index is -0.122. The van der Waals surface area contributed by atoms with Crippen LogP contribution in [0.3, 0.4) is 0 Å². The van der Waals surface area contributed by atoms with Gasteiger partial charge in [0, 0.05) is 24.8 Å². The third-order valence-electron chi connectivity index (χ3n) is 5.44. The van der Waals surface area contributed by atoms with Crippen molar-refractivity contribution in [1.29, 1.82) is 0 Å². The molecule has 1 aliphatic rings. The van der Waals surface area contributed by atoms with Gasteiger partial charge in [-0.2, -0.15) is 0 Å². The lowest BCUT2D eigenvalue weighted by atomic mass is 10.1. The van der Waals surface area contributed by atoms with Crippen LogP contribution in [0.1, 0.15) is 49.2 Å². The predicted molar refractivity (Wildman–Crippen MR) is 110 cm³/mol. The summed E-state index contributed by atoms with van der Waals surface area (Å²) in [5, 5.41) is 0. The smallest absolute Gasteiger partial charge is 0.254 e. The van der Waals surface area contributed by atoms with Gasteiger partial charge in [0.1, 0.15) is 12.3 Å². The summed E-state index contributed by atoms with van der Waals surface area (Å²) < 4.78 is 11.2. The molecule has 0 unspecified atom stereocenters. The van der Waals surface area contributed by atoms with Crippen LogP contribution in [0.5, 0.6) is 0 Å². The van der Waals surface area contributed by atoms with Gasteiger partial charge in [0.05, 0.1) is 18.9 Å². The summed E-state index contributed by atoms with van der Waals surface area (Å²) >= 11 is 0. The first-order chi connectivity index (χ1) is 14.1. The molecule has 1 fully saturated rings. The molecule has 0 bridgehead atoms. The van der Waals surface area contributed by atoms with Crippen molar-refractivity contribution in [2.45, 2.75) is 51.8 Å². The second kappa shape index (κ2) is 10.3. The quantitative estimate of drug-likeness (QED) is 0.646. The predicted octanol–water partition coefficient (Wildman–Crippen LogP) is 3.73. The first kappa shape index (κ1) is 21.1. The summed E-state index contributed by atoms with van der Waals surface area (Å²) in [6.45, 7) is 5.65.